The van der Waals surface area contributed by atoms with Crippen molar-refractivity contribution >= 4 is 6.16 Å². The molecule has 0 aromatic rings. The predicted molar refractivity (Wildman–Crippen MR) is 98.2 cm³/mol. The zero-order chi connectivity index (χ0) is 18.4. The Kier molecular flexibility index (Phi) is 6.66. The van der Waals surface area contributed by atoms with Gasteiger partial charge in [0.15, 0.2) is 5.60 Å². The molecule has 0 fully saturated rings. The van der Waals surface area contributed by atoms with Crippen molar-refractivity contribution in [3.05, 3.63) is 47.8 Å². The van der Waals surface area contributed by atoms with Crippen LogP contribution in [0, 0.1) is 17.8 Å². The Morgan fingerprint density at radius 1 is 1.54 bits per heavy atom. The van der Waals surface area contributed by atoms with Gasteiger partial charge in [0.2, 0.25) is 0 Å². The van der Waals surface area contributed by atoms with Crippen molar-refractivity contribution in [1.82, 2.24) is 0 Å². The molecule has 0 spiro atoms. The molecule has 0 aromatic carbocycles. The van der Waals surface area contributed by atoms with Gasteiger partial charge in [-0.25, -0.2) is 4.79 Å². The molecule has 1 atom stereocenters. The first-order chi connectivity index (χ1) is 11.1. The van der Waals surface area contributed by atoms with Gasteiger partial charge in [-0.05, 0) is 50.7 Å². The van der Waals surface area contributed by atoms with E-state index >= 15 is 0 Å². The van der Waals surface area contributed by atoms with Crippen LogP contribution in [0.5, 0.6) is 0 Å². The number of carbonyl (C=O) groups is 1. The minimum atomic E-state index is -1.05. The third-order valence-corrected chi connectivity index (χ3v) is 4.20. The lowest BCUT2D eigenvalue weighted by Gasteiger charge is -2.33. The van der Waals surface area contributed by atoms with E-state index in [-0.39, 0.29) is 5.41 Å². The van der Waals surface area contributed by atoms with Crippen molar-refractivity contribution < 1.29 is 14.3 Å². The second-order valence-corrected chi connectivity index (χ2v) is 7.13. The molecule has 1 aliphatic carbocycles. The van der Waals surface area contributed by atoms with Gasteiger partial charge in [0.05, 0.1) is 6.26 Å². The van der Waals surface area contributed by atoms with E-state index in [2.05, 4.69) is 45.4 Å². The van der Waals surface area contributed by atoms with Crippen LogP contribution in [0.3, 0.4) is 0 Å². The highest BCUT2D eigenvalue weighted by molar-refractivity contribution is 5.62. The van der Waals surface area contributed by atoms with E-state index in [1.54, 1.807) is 19.9 Å². The van der Waals surface area contributed by atoms with Crippen LogP contribution in [-0.2, 0) is 9.47 Å². The van der Waals surface area contributed by atoms with E-state index in [1.807, 2.05) is 0 Å². The van der Waals surface area contributed by atoms with Crippen molar-refractivity contribution in [2.45, 2.75) is 59.5 Å². The molecule has 130 valence electrons. The van der Waals surface area contributed by atoms with Crippen LogP contribution < -0.4 is 0 Å². The van der Waals surface area contributed by atoms with Crippen LogP contribution in [0.2, 0.25) is 0 Å². The summed E-state index contributed by atoms with van der Waals surface area (Å²) in [5.74, 6) is 2.56. The SMILES string of the molecule is C#CC(C)(C/C=C1\C(C)=CCCC1(C)C)OC(=O)O/C=C/C(=C)C. The molecule has 1 unspecified atom stereocenters. The fourth-order valence-electron chi connectivity index (χ4n) is 2.71. The van der Waals surface area contributed by atoms with Crippen LogP contribution in [0.1, 0.15) is 53.9 Å². The fourth-order valence-corrected chi connectivity index (χ4v) is 2.71. The molecule has 1 aliphatic rings. The van der Waals surface area contributed by atoms with Crippen molar-refractivity contribution in [3.8, 4) is 12.3 Å². The summed E-state index contributed by atoms with van der Waals surface area (Å²) < 4.78 is 10.2. The van der Waals surface area contributed by atoms with Crippen molar-refractivity contribution in [2.24, 2.45) is 5.41 Å². The van der Waals surface area contributed by atoms with Gasteiger partial charge in [-0.1, -0.05) is 49.6 Å². The van der Waals surface area contributed by atoms with Gasteiger partial charge in [0, 0.05) is 6.42 Å². The van der Waals surface area contributed by atoms with Gasteiger partial charge in [0.1, 0.15) is 0 Å². The molecule has 0 bridgehead atoms. The summed E-state index contributed by atoms with van der Waals surface area (Å²) in [5, 5.41) is 0. The van der Waals surface area contributed by atoms with Crippen LogP contribution >= 0.6 is 0 Å². The van der Waals surface area contributed by atoms with Crippen molar-refractivity contribution in [1.29, 1.82) is 0 Å². The number of hydrogen-bond acceptors (Lipinski definition) is 3. The second-order valence-electron chi connectivity index (χ2n) is 7.13. The molecule has 0 radical (unpaired) electrons. The first-order valence-corrected chi connectivity index (χ1v) is 8.17. The lowest BCUT2D eigenvalue weighted by molar-refractivity contribution is 0.0231. The zero-order valence-electron chi connectivity index (χ0n) is 15.4. The van der Waals surface area contributed by atoms with Crippen molar-refractivity contribution in [3.63, 3.8) is 0 Å². The summed E-state index contributed by atoms with van der Waals surface area (Å²) in [7, 11) is 0. The summed E-state index contributed by atoms with van der Waals surface area (Å²) in [6.45, 7) is 13.7. The normalized spacial score (nSPS) is 20.8. The van der Waals surface area contributed by atoms with E-state index in [0.29, 0.717) is 6.42 Å². The Bertz CT molecular complexity index is 626. The Morgan fingerprint density at radius 2 is 2.21 bits per heavy atom. The number of terminal acetylenes is 1. The van der Waals surface area contributed by atoms with E-state index in [0.717, 1.165) is 18.4 Å². The lowest BCUT2D eigenvalue weighted by atomic mass is 9.72. The summed E-state index contributed by atoms with van der Waals surface area (Å²) in [6.07, 6.45) is 14.5. The quantitative estimate of drug-likeness (QED) is 0.281. The van der Waals surface area contributed by atoms with Crippen molar-refractivity contribution in [2.75, 3.05) is 0 Å². The molecule has 0 aromatic heterocycles. The maximum absolute atomic E-state index is 11.8. The third-order valence-electron chi connectivity index (χ3n) is 4.20. The van der Waals surface area contributed by atoms with Crippen LogP contribution in [0.25, 0.3) is 0 Å². The molecular formula is C21H28O3. The highest BCUT2D eigenvalue weighted by Crippen LogP contribution is 2.41. The van der Waals surface area contributed by atoms with Gasteiger partial charge in [-0.3, -0.25) is 0 Å². The first-order valence-electron chi connectivity index (χ1n) is 8.17. The Balaban J connectivity index is 2.81. The summed E-state index contributed by atoms with van der Waals surface area (Å²) in [5.41, 5.74) is 2.34. The minimum Gasteiger partial charge on any atom is -0.414 e. The monoisotopic (exact) mass is 328 g/mol. The number of carbonyl (C=O) groups excluding carboxylic acids is 1. The largest absolute Gasteiger partial charge is 0.514 e. The zero-order valence-corrected chi connectivity index (χ0v) is 15.4. The summed E-state index contributed by atoms with van der Waals surface area (Å²) in [4.78, 5) is 11.8. The molecule has 1 rings (SSSR count). The number of allylic oxidation sites excluding steroid dienone is 5. The summed E-state index contributed by atoms with van der Waals surface area (Å²) in [6, 6.07) is 0. The minimum absolute atomic E-state index is 0.0963. The summed E-state index contributed by atoms with van der Waals surface area (Å²) >= 11 is 0. The van der Waals surface area contributed by atoms with Gasteiger partial charge in [-0.2, -0.15) is 0 Å². The maximum Gasteiger partial charge on any atom is 0.514 e. The molecule has 0 saturated carbocycles. The van der Waals surface area contributed by atoms with Crippen LogP contribution in [0.4, 0.5) is 4.79 Å². The molecule has 3 heteroatoms. The maximum atomic E-state index is 11.8. The molecule has 24 heavy (non-hydrogen) atoms. The van der Waals surface area contributed by atoms with Crippen LogP contribution in [0.15, 0.2) is 47.8 Å². The first kappa shape index (κ1) is 19.8. The molecule has 0 amide bonds. The fraction of sp³-hybridized carbons (Fsp3) is 0.476. The Hall–Kier alpha value is -2.21. The average Bonchev–Trinajstić information content (AvgIpc) is 2.45. The number of hydrogen-bond donors (Lipinski definition) is 0. The molecule has 0 N–H and O–H groups in total. The Morgan fingerprint density at radius 3 is 2.75 bits per heavy atom. The standard InChI is InChI=1S/C21H28O3/c1-8-21(7,24-19(22)23-15-12-16(2)3)14-11-18-17(4)10-9-13-20(18,5)6/h1,10-12,15H,2,9,13-14H2,3-7H3/b15-12+,18-11+. The topological polar surface area (TPSA) is 35.5 Å². The molecule has 0 saturated heterocycles. The Labute approximate surface area is 146 Å². The van der Waals surface area contributed by atoms with Gasteiger partial charge in [-0.15, -0.1) is 6.42 Å². The number of rotatable bonds is 5. The lowest BCUT2D eigenvalue weighted by Crippen LogP contribution is -2.30. The van der Waals surface area contributed by atoms with Gasteiger partial charge < -0.3 is 9.47 Å². The highest BCUT2D eigenvalue weighted by atomic mass is 16.7. The van der Waals surface area contributed by atoms with E-state index < -0.39 is 11.8 Å². The number of ether oxygens (including phenoxy) is 2. The molecule has 0 heterocycles. The average molecular weight is 328 g/mol. The van der Waals surface area contributed by atoms with Gasteiger partial charge >= 0.3 is 6.16 Å². The second kappa shape index (κ2) is 8.06. The van der Waals surface area contributed by atoms with E-state index in [1.165, 1.54) is 17.4 Å². The molecule has 0 aliphatic heterocycles. The third kappa shape index (κ3) is 5.77. The predicted octanol–water partition coefficient (Wildman–Crippen LogP) is 5.70. The van der Waals surface area contributed by atoms with E-state index in [9.17, 15) is 4.79 Å². The van der Waals surface area contributed by atoms with E-state index in [4.69, 9.17) is 15.9 Å². The molecular weight excluding hydrogens is 300 g/mol. The molecule has 3 nitrogen and oxygen atoms in total. The van der Waals surface area contributed by atoms with Crippen LogP contribution in [-0.4, -0.2) is 11.8 Å². The highest BCUT2D eigenvalue weighted by Gasteiger charge is 2.30. The smallest absolute Gasteiger partial charge is 0.414 e. The van der Waals surface area contributed by atoms with Gasteiger partial charge in [0.25, 0.3) is 0 Å².